The lowest BCUT2D eigenvalue weighted by Gasteiger charge is -2.31. The fourth-order valence-electron chi connectivity index (χ4n) is 4.06. The third-order valence-electron chi connectivity index (χ3n) is 6.43. The topological polar surface area (TPSA) is 67.9 Å². The van der Waals surface area contributed by atoms with Crippen LogP contribution in [-0.2, 0) is 22.6 Å². The summed E-state index contributed by atoms with van der Waals surface area (Å²) in [6.07, 6.45) is 2.25. The lowest BCUT2D eigenvalue weighted by molar-refractivity contribution is -0.142. The Bertz CT molecular complexity index is 1160. The highest BCUT2D eigenvalue weighted by Gasteiger charge is 2.30. The zero-order chi connectivity index (χ0) is 26.6. The minimum absolute atomic E-state index is 0.167. The molecule has 0 aromatic heterocycles. The number of hydrogen-bond acceptors (Lipinski definition) is 4. The second-order valence-electron chi connectivity index (χ2n) is 9.26. The molecule has 0 saturated heterocycles. The van der Waals surface area contributed by atoms with Gasteiger partial charge in [-0.2, -0.15) is 0 Å². The van der Waals surface area contributed by atoms with Crippen molar-refractivity contribution in [2.24, 2.45) is 0 Å². The van der Waals surface area contributed by atoms with Crippen LogP contribution < -0.4 is 14.8 Å². The number of hydrogen-bond donors (Lipinski definition) is 1. The molecule has 0 bridgehead atoms. The van der Waals surface area contributed by atoms with Crippen LogP contribution in [-0.4, -0.2) is 43.0 Å². The number of aryl methyl sites for hydroxylation is 2. The van der Waals surface area contributed by atoms with Crippen molar-refractivity contribution < 1.29 is 19.1 Å². The van der Waals surface area contributed by atoms with Gasteiger partial charge in [0.1, 0.15) is 17.5 Å². The first-order chi connectivity index (χ1) is 17.9. The average Bonchev–Trinajstić information content (AvgIpc) is 2.92. The SMILES string of the molecule is CCCCNC(=O)C(Cc1ccccc1)N(Cc1cccc(OC)c1)C(=O)COc1ccc(C)c(C)c1. The van der Waals surface area contributed by atoms with E-state index in [1.54, 1.807) is 12.0 Å². The zero-order valence-corrected chi connectivity index (χ0v) is 22.3. The number of rotatable bonds is 13. The van der Waals surface area contributed by atoms with Crippen LogP contribution >= 0.6 is 0 Å². The first-order valence-electron chi connectivity index (χ1n) is 12.8. The van der Waals surface area contributed by atoms with Crippen LogP contribution in [0.3, 0.4) is 0 Å². The van der Waals surface area contributed by atoms with Crippen molar-refractivity contribution in [1.29, 1.82) is 0 Å². The maximum Gasteiger partial charge on any atom is 0.261 e. The number of carbonyl (C=O) groups excluding carboxylic acids is 2. The fraction of sp³-hybridized carbons (Fsp3) is 0.355. The van der Waals surface area contributed by atoms with Gasteiger partial charge in [-0.25, -0.2) is 0 Å². The van der Waals surface area contributed by atoms with Gasteiger partial charge in [0.05, 0.1) is 7.11 Å². The van der Waals surface area contributed by atoms with Crippen molar-refractivity contribution in [2.45, 2.75) is 52.6 Å². The van der Waals surface area contributed by atoms with Gasteiger partial charge in [-0.15, -0.1) is 0 Å². The minimum atomic E-state index is -0.693. The van der Waals surface area contributed by atoms with Crippen LogP contribution in [0.5, 0.6) is 11.5 Å². The summed E-state index contributed by atoms with van der Waals surface area (Å²) in [5.41, 5.74) is 4.11. The Balaban J connectivity index is 1.90. The lowest BCUT2D eigenvalue weighted by atomic mass is 10.0. The quantitative estimate of drug-likeness (QED) is 0.324. The monoisotopic (exact) mass is 502 g/mol. The van der Waals surface area contributed by atoms with E-state index in [9.17, 15) is 9.59 Å². The molecule has 0 radical (unpaired) electrons. The normalized spacial score (nSPS) is 11.5. The van der Waals surface area contributed by atoms with Crippen molar-refractivity contribution in [1.82, 2.24) is 10.2 Å². The highest BCUT2D eigenvalue weighted by molar-refractivity contribution is 5.88. The number of unbranched alkanes of at least 4 members (excludes halogenated alkanes) is 1. The summed E-state index contributed by atoms with van der Waals surface area (Å²) < 4.78 is 11.3. The molecule has 3 aromatic carbocycles. The maximum absolute atomic E-state index is 13.7. The van der Waals surface area contributed by atoms with Crippen LogP contribution in [0.2, 0.25) is 0 Å². The van der Waals surface area contributed by atoms with E-state index in [-0.39, 0.29) is 25.0 Å². The third-order valence-corrected chi connectivity index (χ3v) is 6.43. The smallest absolute Gasteiger partial charge is 0.261 e. The van der Waals surface area contributed by atoms with E-state index in [0.29, 0.717) is 24.5 Å². The van der Waals surface area contributed by atoms with Crippen molar-refractivity contribution in [3.63, 3.8) is 0 Å². The van der Waals surface area contributed by atoms with Crippen LogP contribution in [0.15, 0.2) is 72.8 Å². The Hall–Kier alpha value is -3.80. The van der Waals surface area contributed by atoms with E-state index in [2.05, 4.69) is 12.2 Å². The Labute approximate surface area is 220 Å². The molecule has 0 aliphatic carbocycles. The molecule has 0 heterocycles. The molecule has 1 unspecified atom stereocenters. The third kappa shape index (κ3) is 8.38. The van der Waals surface area contributed by atoms with Gasteiger partial charge in [0, 0.05) is 19.5 Å². The molecule has 6 heteroatoms. The van der Waals surface area contributed by atoms with Crippen LogP contribution in [0.4, 0.5) is 0 Å². The molecule has 0 aliphatic heterocycles. The molecule has 3 aromatic rings. The van der Waals surface area contributed by atoms with Crippen LogP contribution in [0, 0.1) is 13.8 Å². The number of ether oxygens (including phenoxy) is 2. The molecular weight excluding hydrogens is 464 g/mol. The van der Waals surface area contributed by atoms with Gasteiger partial charge in [0.15, 0.2) is 6.61 Å². The Kier molecular flexibility index (Phi) is 10.6. The summed E-state index contributed by atoms with van der Waals surface area (Å²) in [6.45, 7) is 6.78. The molecule has 2 amide bonds. The molecular formula is C31H38N2O4. The van der Waals surface area contributed by atoms with Crippen molar-refractivity contribution in [3.05, 3.63) is 95.1 Å². The molecule has 3 rings (SSSR count). The van der Waals surface area contributed by atoms with Crippen molar-refractivity contribution >= 4 is 11.8 Å². The largest absolute Gasteiger partial charge is 0.497 e. The van der Waals surface area contributed by atoms with Gasteiger partial charge in [0.25, 0.3) is 5.91 Å². The summed E-state index contributed by atoms with van der Waals surface area (Å²) in [4.78, 5) is 28.8. The molecule has 0 saturated carbocycles. The number of methoxy groups -OCH3 is 1. The van der Waals surface area contributed by atoms with Crippen LogP contribution in [0.1, 0.15) is 42.0 Å². The second kappa shape index (κ2) is 14.1. The fourth-order valence-corrected chi connectivity index (χ4v) is 4.06. The number of nitrogens with one attached hydrogen (secondary N) is 1. The van der Waals surface area contributed by atoms with Gasteiger partial charge in [-0.3, -0.25) is 9.59 Å². The van der Waals surface area contributed by atoms with Gasteiger partial charge < -0.3 is 19.7 Å². The molecule has 1 atom stereocenters. The summed E-state index contributed by atoms with van der Waals surface area (Å²) in [6, 6.07) is 22.4. The van der Waals surface area contributed by atoms with E-state index >= 15 is 0 Å². The van der Waals surface area contributed by atoms with E-state index in [1.165, 1.54) is 0 Å². The number of benzene rings is 3. The Morgan fingerprint density at radius 1 is 0.892 bits per heavy atom. The zero-order valence-electron chi connectivity index (χ0n) is 22.3. The summed E-state index contributed by atoms with van der Waals surface area (Å²) in [7, 11) is 1.61. The first-order valence-corrected chi connectivity index (χ1v) is 12.8. The van der Waals surface area contributed by atoms with Crippen molar-refractivity contribution in [2.75, 3.05) is 20.3 Å². The summed E-state index contributed by atoms with van der Waals surface area (Å²) >= 11 is 0. The van der Waals surface area contributed by atoms with E-state index in [4.69, 9.17) is 9.47 Å². The minimum Gasteiger partial charge on any atom is -0.497 e. The maximum atomic E-state index is 13.7. The summed E-state index contributed by atoms with van der Waals surface area (Å²) in [5, 5.41) is 3.04. The molecule has 0 fully saturated rings. The van der Waals surface area contributed by atoms with Crippen molar-refractivity contribution in [3.8, 4) is 11.5 Å². The van der Waals surface area contributed by atoms with E-state index in [0.717, 1.165) is 35.1 Å². The van der Waals surface area contributed by atoms with Gasteiger partial charge in [-0.1, -0.05) is 61.9 Å². The first kappa shape index (κ1) is 27.8. The number of amides is 2. The highest BCUT2D eigenvalue weighted by Crippen LogP contribution is 2.20. The number of nitrogens with zero attached hydrogens (tertiary/aromatic N) is 1. The molecule has 0 spiro atoms. The predicted molar refractivity (Wildman–Crippen MR) is 147 cm³/mol. The molecule has 37 heavy (non-hydrogen) atoms. The second-order valence-corrected chi connectivity index (χ2v) is 9.26. The Morgan fingerprint density at radius 2 is 1.65 bits per heavy atom. The highest BCUT2D eigenvalue weighted by atomic mass is 16.5. The Morgan fingerprint density at radius 3 is 2.35 bits per heavy atom. The molecule has 6 nitrogen and oxygen atoms in total. The van der Waals surface area contributed by atoms with Crippen LogP contribution in [0.25, 0.3) is 0 Å². The predicted octanol–water partition coefficient (Wildman–Crippen LogP) is 5.25. The average molecular weight is 503 g/mol. The van der Waals surface area contributed by atoms with Gasteiger partial charge in [-0.05, 0) is 66.8 Å². The standard InChI is InChI=1S/C31H38N2O4/c1-5-6-17-32-31(35)29(20-25-11-8-7-9-12-25)33(21-26-13-10-14-27(19-26)36-4)30(34)22-37-28-16-15-23(2)24(3)18-28/h7-16,18-19,29H,5-6,17,20-22H2,1-4H3,(H,32,35). The van der Waals surface area contributed by atoms with E-state index < -0.39 is 6.04 Å². The molecule has 196 valence electrons. The summed E-state index contributed by atoms with van der Waals surface area (Å²) in [5.74, 6) is 0.903. The lowest BCUT2D eigenvalue weighted by Crippen LogP contribution is -2.51. The van der Waals surface area contributed by atoms with Gasteiger partial charge in [0.2, 0.25) is 5.91 Å². The molecule has 0 aliphatic rings. The number of carbonyl (C=O) groups is 2. The van der Waals surface area contributed by atoms with E-state index in [1.807, 2.05) is 86.6 Å². The molecule has 1 N–H and O–H groups in total. The van der Waals surface area contributed by atoms with Gasteiger partial charge >= 0.3 is 0 Å².